The van der Waals surface area contributed by atoms with Gasteiger partial charge in [-0.2, -0.15) is 0 Å². The van der Waals surface area contributed by atoms with Crippen molar-refractivity contribution in [1.82, 2.24) is 9.47 Å². The number of hydrogen-bond donors (Lipinski definition) is 0. The van der Waals surface area contributed by atoms with Crippen LogP contribution in [0.5, 0.6) is 0 Å². The first-order chi connectivity index (χ1) is 13.1. The second kappa shape index (κ2) is 8.54. The summed E-state index contributed by atoms with van der Waals surface area (Å²) in [5.74, 6) is 0.0382. The zero-order valence-corrected chi connectivity index (χ0v) is 16.1. The second-order valence-electron chi connectivity index (χ2n) is 6.91. The summed E-state index contributed by atoms with van der Waals surface area (Å²) in [5.41, 5.74) is 5.36. The standard InChI is InChI=1S/C24H26N2O/c1-4-14-26(24(27)23-13-6-5-10-20(23)3)18-22-12-8-15-25(22)17-21-11-7-9-19(2)16-21/h4-13,15-16H,1,14,17-18H2,2-3H3. The average Bonchev–Trinajstić information content (AvgIpc) is 3.08. The van der Waals surface area contributed by atoms with Crippen LogP contribution in [0.4, 0.5) is 0 Å². The van der Waals surface area contributed by atoms with Crippen molar-refractivity contribution in [2.24, 2.45) is 0 Å². The molecule has 0 aliphatic rings. The number of aromatic nitrogens is 1. The quantitative estimate of drug-likeness (QED) is 0.547. The second-order valence-corrected chi connectivity index (χ2v) is 6.91. The average molecular weight is 358 g/mol. The van der Waals surface area contributed by atoms with Gasteiger partial charge in [0.15, 0.2) is 0 Å². The van der Waals surface area contributed by atoms with E-state index < -0.39 is 0 Å². The molecule has 0 N–H and O–H groups in total. The summed E-state index contributed by atoms with van der Waals surface area (Å²) in [6.07, 6.45) is 3.85. The first-order valence-electron chi connectivity index (χ1n) is 9.24. The number of carbonyl (C=O) groups is 1. The SMILES string of the molecule is C=CCN(Cc1cccn1Cc1cccc(C)c1)C(=O)c1ccccc1C. The van der Waals surface area contributed by atoms with E-state index in [1.165, 1.54) is 11.1 Å². The summed E-state index contributed by atoms with van der Waals surface area (Å²) in [7, 11) is 0. The molecule has 0 saturated carbocycles. The Morgan fingerprint density at radius 2 is 1.89 bits per heavy atom. The van der Waals surface area contributed by atoms with Crippen LogP contribution < -0.4 is 0 Å². The van der Waals surface area contributed by atoms with Gasteiger partial charge in [-0.05, 0) is 43.2 Å². The van der Waals surface area contributed by atoms with Gasteiger partial charge in [0, 0.05) is 30.5 Å². The highest BCUT2D eigenvalue weighted by atomic mass is 16.2. The number of benzene rings is 2. The third-order valence-corrected chi connectivity index (χ3v) is 4.72. The molecule has 1 heterocycles. The molecule has 0 saturated heterocycles. The van der Waals surface area contributed by atoms with Crippen LogP contribution >= 0.6 is 0 Å². The lowest BCUT2D eigenvalue weighted by molar-refractivity contribution is 0.0758. The Morgan fingerprint density at radius 1 is 1.07 bits per heavy atom. The van der Waals surface area contributed by atoms with Crippen molar-refractivity contribution in [2.45, 2.75) is 26.9 Å². The maximum absolute atomic E-state index is 13.1. The van der Waals surface area contributed by atoms with Crippen molar-refractivity contribution in [3.05, 3.63) is 107 Å². The number of hydrogen-bond acceptors (Lipinski definition) is 1. The van der Waals surface area contributed by atoms with Crippen LogP contribution in [0.1, 0.15) is 32.7 Å². The summed E-state index contributed by atoms with van der Waals surface area (Å²) in [6.45, 7) is 9.77. The Morgan fingerprint density at radius 3 is 2.63 bits per heavy atom. The molecular weight excluding hydrogens is 332 g/mol. The highest BCUT2D eigenvalue weighted by Crippen LogP contribution is 2.16. The minimum atomic E-state index is 0.0382. The van der Waals surface area contributed by atoms with E-state index in [1.807, 2.05) is 42.2 Å². The van der Waals surface area contributed by atoms with E-state index in [0.29, 0.717) is 13.1 Å². The van der Waals surface area contributed by atoms with Gasteiger partial charge in [-0.15, -0.1) is 6.58 Å². The van der Waals surface area contributed by atoms with Crippen LogP contribution in [0, 0.1) is 13.8 Å². The molecule has 2 aromatic carbocycles. The summed E-state index contributed by atoms with van der Waals surface area (Å²) < 4.78 is 2.20. The van der Waals surface area contributed by atoms with Gasteiger partial charge >= 0.3 is 0 Å². The topological polar surface area (TPSA) is 25.2 Å². The lowest BCUT2D eigenvalue weighted by Crippen LogP contribution is -2.32. The Hall–Kier alpha value is -3.07. The maximum atomic E-state index is 13.1. The van der Waals surface area contributed by atoms with E-state index in [9.17, 15) is 4.79 Å². The minimum Gasteiger partial charge on any atom is -0.345 e. The molecule has 3 heteroatoms. The molecule has 138 valence electrons. The van der Waals surface area contributed by atoms with Gasteiger partial charge in [-0.1, -0.05) is 54.1 Å². The normalized spacial score (nSPS) is 10.6. The summed E-state index contributed by atoms with van der Waals surface area (Å²) in [4.78, 5) is 14.9. The molecule has 1 amide bonds. The maximum Gasteiger partial charge on any atom is 0.254 e. The largest absolute Gasteiger partial charge is 0.345 e. The molecule has 27 heavy (non-hydrogen) atoms. The van der Waals surface area contributed by atoms with Crippen molar-refractivity contribution in [2.75, 3.05) is 6.54 Å². The molecule has 0 aliphatic heterocycles. The molecule has 0 fully saturated rings. The molecule has 0 atom stereocenters. The van der Waals surface area contributed by atoms with Gasteiger partial charge in [-0.25, -0.2) is 0 Å². The zero-order valence-electron chi connectivity index (χ0n) is 16.1. The molecule has 0 spiro atoms. The smallest absolute Gasteiger partial charge is 0.254 e. The van der Waals surface area contributed by atoms with E-state index in [-0.39, 0.29) is 5.91 Å². The molecule has 3 rings (SSSR count). The van der Waals surface area contributed by atoms with Crippen LogP contribution in [0.15, 0.2) is 79.5 Å². The molecule has 0 bridgehead atoms. The Labute approximate surface area is 161 Å². The molecule has 3 nitrogen and oxygen atoms in total. The molecule has 0 aliphatic carbocycles. The first kappa shape index (κ1) is 18.7. The van der Waals surface area contributed by atoms with Crippen molar-refractivity contribution >= 4 is 5.91 Å². The van der Waals surface area contributed by atoms with E-state index in [1.54, 1.807) is 6.08 Å². The predicted molar refractivity (Wildman–Crippen MR) is 111 cm³/mol. The number of nitrogens with zero attached hydrogens (tertiary/aromatic N) is 2. The Balaban J connectivity index is 1.82. The van der Waals surface area contributed by atoms with Crippen molar-refractivity contribution in [3.63, 3.8) is 0 Å². The molecule has 1 aromatic heterocycles. The van der Waals surface area contributed by atoms with Crippen molar-refractivity contribution in [1.29, 1.82) is 0 Å². The van der Waals surface area contributed by atoms with Crippen LogP contribution in [0.2, 0.25) is 0 Å². The van der Waals surface area contributed by atoms with Gasteiger partial charge in [0.25, 0.3) is 5.91 Å². The molecular formula is C24H26N2O. The van der Waals surface area contributed by atoms with Crippen LogP contribution in [0.25, 0.3) is 0 Å². The van der Waals surface area contributed by atoms with Crippen LogP contribution in [-0.2, 0) is 13.1 Å². The Bertz CT molecular complexity index is 939. The van der Waals surface area contributed by atoms with Gasteiger partial charge in [-0.3, -0.25) is 4.79 Å². The lowest BCUT2D eigenvalue weighted by Gasteiger charge is -2.23. The van der Waals surface area contributed by atoms with E-state index >= 15 is 0 Å². The predicted octanol–water partition coefficient (Wildman–Crippen LogP) is 4.98. The highest BCUT2D eigenvalue weighted by Gasteiger charge is 2.18. The first-order valence-corrected chi connectivity index (χ1v) is 9.24. The summed E-state index contributed by atoms with van der Waals surface area (Å²) in [5, 5.41) is 0. The number of rotatable bonds is 7. The van der Waals surface area contributed by atoms with Gasteiger partial charge in [0.2, 0.25) is 0 Å². The number of carbonyl (C=O) groups excluding carboxylic acids is 1. The fraction of sp³-hybridized carbons (Fsp3) is 0.208. The third kappa shape index (κ3) is 4.56. The molecule has 0 radical (unpaired) electrons. The van der Waals surface area contributed by atoms with Crippen LogP contribution in [0.3, 0.4) is 0 Å². The van der Waals surface area contributed by atoms with Crippen LogP contribution in [-0.4, -0.2) is 21.9 Å². The van der Waals surface area contributed by atoms with Crippen molar-refractivity contribution < 1.29 is 4.79 Å². The van der Waals surface area contributed by atoms with Gasteiger partial charge in [0.05, 0.1) is 6.54 Å². The highest BCUT2D eigenvalue weighted by molar-refractivity contribution is 5.95. The molecule has 3 aromatic rings. The zero-order chi connectivity index (χ0) is 19.2. The summed E-state index contributed by atoms with van der Waals surface area (Å²) in [6, 6.07) is 20.4. The number of aryl methyl sites for hydroxylation is 2. The van der Waals surface area contributed by atoms with Gasteiger partial charge < -0.3 is 9.47 Å². The number of amides is 1. The summed E-state index contributed by atoms with van der Waals surface area (Å²) >= 11 is 0. The third-order valence-electron chi connectivity index (χ3n) is 4.72. The Kier molecular flexibility index (Phi) is 5.92. The van der Waals surface area contributed by atoms with E-state index in [2.05, 4.69) is 54.6 Å². The monoisotopic (exact) mass is 358 g/mol. The lowest BCUT2D eigenvalue weighted by atomic mass is 10.1. The van der Waals surface area contributed by atoms with Gasteiger partial charge in [0.1, 0.15) is 0 Å². The van der Waals surface area contributed by atoms with E-state index in [4.69, 9.17) is 0 Å². The fourth-order valence-corrected chi connectivity index (χ4v) is 3.31. The van der Waals surface area contributed by atoms with E-state index in [0.717, 1.165) is 23.4 Å². The fourth-order valence-electron chi connectivity index (χ4n) is 3.31. The molecule has 0 unspecified atom stereocenters. The minimum absolute atomic E-state index is 0.0382. The van der Waals surface area contributed by atoms with Crippen molar-refractivity contribution in [3.8, 4) is 0 Å².